The molecule has 2 bridgehead atoms. The summed E-state index contributed by atoms with van der Waals surface area (Å²) in [7, 11) is 0. The summed E-state index contributed by atoms with van der Waals surface area (Å²) >= 11 is 0. The summed E-state index contributed by atoms with van der Waals surface area (Å²) in [5.74, 6) is -0.0728. The fourth-order valence-corrected chi connectivity index (χ4v) is 4.42. The smallest absolute Gasteiger partial charge is 0.158 e. The molecule has 0 aliphatic carbocycles. The lowest BCUT2D eigenvalue weighted by molar-refractivity contribution is -0.134. The molecule has 3 fully saturated rings. The number of fused-ring (bicyclic) bond motifs is 4. The number of hydrogen-bond acceptors (Lipinski definition) is 3. The molecular formula is C23H22N2O2. The van der Waals surface area contributed by atoms with E-state index >= 15 is 0 Å². The lowest BCUT2D eigenvalue weighted by Crippen LogP contribution is -2.54. The number of piperidine rings is 3. The first kappa shape index (κ1) is 16.3. The zero-order chi connectivity index (χ0) is 18.4. The van der Waals surface area contributed by atoms with Gasteiger partial charge in [-0.2, -0.15) is 0 Å². The van der Waals surface area contributed by atoms with Gasteiger partial charge in [-0.3, -0.25) is 4.79 Å². The number of Topliss-reactive ketones (excluding diaryl/α,β-unsaturated/α-hetero) is 1. The van der Waals surface area contributed by atoms with Gasteiger partial charge in [-0.15, -0.1) is 0 Å². The maximum absolute atomic E-state index is 12.1. The van der Waals surface area contributed by atoms with E-state index in [2.05, 4.69) is 59.3 Å². The van der Waals surface area contributed by atoms with Gasteiger partial charge < -0.3 is 14.6 Å². The molecule has 3 saturated heterocycles. The number of aromatic nitrogens is 1. The second-order valence-corrected chi connectivity index (χ2v) is 7.51. The topological polar surface area (TPSA) is 45.5 Å². The van der Waals surface area contributed by atoms with Gasteiger partial charge in [-0.05, 0) is 24.1 Å². The molecule has 4 heterocycles. The van der Waals surface area contributed by atoms with Crippen LogP contribution in [0.25, 0.3) is 17.0 Å². The van der Waals surface area contributed by atoms with Gasteiger partial charge in [-0.1, -0.05) is 48.5 Å². The standard InChI is InChI=1S/C23H22N2O2/c26-22-15-24-11-10-19(22)23(27)21(24)12-17-14-25(13-16-6-2-1-3-7-16)20-9-5-4-8-18(17)20/h1-9,12,14,19,23,27H,10-11,13,15H2. The molecule has 2 atom stereocenters. The van der Waals surface area contributed by atoms with Crippen LogP contribution in [-0.2, 0) is 11.3 Å². The largest absolute Gasteiger partial charge is 0.386 e. The third kappa shape index (κ3) is 2.77. The van der Waals surface area contributed by atoms with Crippen LogP contribution >= 0.6 is 0 Å². The van der Waals surface area contributed by atoms with Crippen molar-refractivity contribution in [3.63, 3.8) is 0 Å². The average molecular weight is 358 g/mol. The van der Waals surface area contributed by atoms with Crippen LogP contribution in [0.15, 0.2) is 66.5 Å². The first-order chi connectivity index (χ1) is 13.2. The van der Waals surface area contributed by atoms with E-state index in [0.717, 1.165) is 30.8 Å². The zero-order valence-electron chi connectivity index (χ0n) is 15.1. The summed E-state index contributed by atoms with van der Waals surface area (Å²) in [6, 6.07) is 18.8. The Balaban J connectivity index is 1.57. The molecule has 6 rings (SSSR count). The first-order valence-corrected chi connectivity index (χ1v) is 9.50. The predicted octanol–water partition coefficient (Wildman–Crippen LogP) is 3.30. The number of rotatable bonds is 3. The van der Waals surface area contributed by atoms with Crippen LogP contribution in [0.5, 0.6) is 0 Å². The van der Waals surface area contributed by atoms with E-state index in [0.29, 0.717) is 6.54 Å². The summed E-state index contributed by atoms with van der Waals surface area (Å²) in [6.07, 6.45) is 4.30. The Morgan fingerprint density at radius 2 is 1.85 bits per heavy atom. The Morgan fingerprint density at radius 1 is 1.07 bits per heavy atom. The predicted molar refractivity (Wildman–Crippen MR) is 106 cm³/mol. The molecule has 3 aliphatic rings. The first-order valence-electron chi connectivity index (χ1n) is 9.50. The fourth-order valence-electron chi connectivity index (χ4n) is 4.42. The number of benzene rings is 2. The molecule has 3 aromatic rings. The number of ketones is 1. The van der Waals surface area contributed by atoms with Crippen molar-refractivity contribution in [3.8, 4) is 0 Å². The monoisotopic (exact) mass is 358 g/mol. The van der Waals surface area contributed by atoms with Crippen LogP contribution in [0, 0.1) is 5.92 Å². The van der Waals surface area contributed by atoms with Crippen molar-refractivity contribution in [1.29, 1.82) is 0 Å². The van der Waals surface area contributed by atoms with Crippen LogP contribution in [0.3, 0.4) is 0 Å². The lowest BCUT2D eigenvalue weighted by atomic mass is 9.82. The number of carbonyl (C=O) groups excluding carboxylic acids is 1. The van der Waals surface area contributed by atoms with E-state index in [1.807, 2.05) is 17.0 Å². The van der Waals surface area contributed by atoms with Crippen molar-refractivity contribution in [3.05, 3.63) is 77.6 Å². The van der Waals surface area contributed by atoms with Crippen LogP contribution in [0.2, 0.25) is 0 Å². The third-order valence-electron chi connectivity index (χ3n) is 5.84. The quantitative estimate of drug-likeness (QED) is 0.781. The molecule has 1 aromatic heterocycles. The van der Waals surface area contributed by atoms with E-state index in [4.69, 9.17) is 0 Å². The van der Waals surface area contributed by atoms with Crippen molar-refractivity contribution < 1.29 is 9.90 Å². The Bertz CT molecular complexity index is 1030. The highest BCUT2D eigenvalue weighted by molar-refractivity contribution is 5.91. The number of hydrogen-bond donors (Lipinski definition) is 1. The number of nitrogens with zero attached hydrogens (tertiary/aromatic N) is 2. The summed E-state index contributed by atoms with van der Waals surface area (Å²) < 4.78 is 2.25. The molecule has 1 N–H and O–H groups in total. The van der Waals surface area contributed by atoms with Gasteiger partial charge in [0.05, 0.1) is 12.5 Å². The Morgan fingerprint density at radius 3 is 2.63 bits per heavy atom. The Kier molecular flexibility index (Phi) is 3.87. The van der Waals surface area contributed by atoms with Crippen molar-refractivity contribution in [2.24, 2.45) is 5.92 Å². The molecule has 4 heteroatoms. The van der Waals surface area contributed by atoms with Crippen LogP contribution in [0.1, 0.15) is 17.5 Å². The zero-order valence-corrected chi connectivity index (χ0v) is 15.1. The Labute approximate surface area is 158 Å². The fraction of sp³-hybridized carbons (Fsp3) is 0.261. The summed E-state index contributed by atoms with van der Waals surface area (Å²) in [5, 5.41) is 11.8. The van der Waals surface area contributed by atoms with Crippen molar-refractivity contribution in [1.82, 2.24) is 9.47 Å². The van der Waals surface area contributed by atoms with Crippen LogP contribution in [0.4, 0.5) is 0 Å². The van der Waals surface area contributed by atoms with Crippen molar-refractivity contribution >= 4 is 22.8 Å². The number of aliphatic hydroxyl groups excluding tert-OH is 1. The minimum atomic E-state index is -0.684. The molecule has 136 valence electrons. The second kappa shape index (κ2) is 6.39. The maximum Gasteiger partial charge on any atom is 0.158 e. The lowest BCUT2D eigenvalue weighted by Gasteiger charge is -2.44. The molecular weight excluding hydrogens is 336 g/mol. The van der Waals surface area contributed by atoms with Gasteiger partial charge in [0.1, 0.15) is 6.10 Å². The van der Waals surface area contributed by atoms with Crippen molar-refractivity contribution in [2.75, 3.05) is 13.1 Å². The highest BCUT2D eigenvalue weighted by Crippen LogP contribution is 2.35. The molecule has 4 nitrogen and oxygen atoms in total. The van der Waals surface area contributed by atoms with E-state index in [1.54, 1.807) is 0 Å². The third-order valence-corrected chi connectivity index (χ3v) is 5.84. The van der Waals surface area contributed by atoms with Gasteiger partial charge >= 0.3 is 0 Å². The molecule has 0 amide bonds. The van der Waals surface area contributed by atoms with Gasteiger partial charge in [0, 0.05) is 41.4 Å². The second-order valence-electron chi connectivity index (χ2n) is 7.51. The molecule has 0 spiro atoms. The molecule has 2 unspecified atom stereocenters. The van der Waals surface area contributed by atoms with Gasteiger partial charge in [0.25, 0.3) is 0 Å². The van der Waals surface area contributed by atoms with Crippen molar-refractivity contribution in [2.45, 2.75) is 19.1 Å². The maximum atomic E-state index is 12.1. The van der Waals surface area contributed by atoms with E-state index in [1.165, 1.54) is 16.5 Å². The minimum Gasteiger partial charge on any atom is -0.386 e. The van der Waals surface area contributed by atoms with Gasteiger partial charge in [0.15, 0.2) is 5.78 Å². The molecule has 2 aromatic carbocycles. The van der Waals surface area contributed by atoms with Crippen LogP contribution in [-0.4, -0.2) is 39.6 Å². The summed E-state index contributed by atoms with van der Waals surface area (Å²) in [5.41, 5.74) is 4.40. The number of aliphatic hydroxyl groups is 1. The van der Waals surface area contributed by atoms with E-state index in [9.17, 15) is 9.90 Å². The summed E-state index contributed by atoms with van der Waals surface area (Å²) in [4.78, 5) is 14.1. The number of carbonyl (C=O) groups is 1. The Hall–Kier alpha value is -2.85. The number of para-hydroxylation sites is 1. The molecule has 0 radical (unpaired) electrons. The molecule has 27 heavy (non-hydrogen) atoms. The van der Waals surface area contributed by atoms with E-state index < -0.39 is 6.10 Å². The van der Waals surface area contributed by atoms with Gasteiger partial charge in [-0.25, -0.2) is 0 Å². The summed E-state index contributed by atoms with van der Waals surface area (Å²) in [6.45, 7) is 2.08. The van der Waals surface area contributed by atoms with Crippen LogP contribution < -0.4 is 0 Å². The highest BCUT2D eigenvalue weighted by Gasteiger charge is 2.42. The normalized spacial score (nSPS) is 23.5. The molecule has 3 aliphatic heterocycles. The van der Waals surface area contributed by atoms with Gasteiger partial charge in [0.2, 0.25) is 0 Å². The SMILES string of the molecule is O=C1CN2CCC1C(O)C2=Cc1cn(Cc2ccccc2)c2ccccc12. The highest BCUT2D eigenvalue weighted by atomic mass is 16.3. The average Bonchev–Trinajstić information content (AvgIpc) is 3.03. The molecule has 0 saturated carbocycles. The minimum absolute atomic E-state index is 0.164. The van der Waals surface area contributed by atoms with E-state index in [-0.39, 0.29) is 11.7 Å².